The maximum atomic E-state index is 13.9. The molecule has 0 radical (unpaired) electrons. The number of alkyl halides is 3. The Hall–Kier alpha value is -3.79. The molecule has 1 aliphatic carbocycles. The molecule has 246 valence electrons. The summed E-state index contributed by atoms with van der Waals surface area (Å²) in [7, 11) is 0. The second kappa shape index (κ2) is 14.1. The largest absolute Gasteiger partial charge is 0.416 e. The van der Waals surface area contributed by atoms with E-state index < -0.39 is 17.8 Å². The minimum absolute atomic E-state index is 0.0221. The number of Topliss-reactive ketones (excluding diaryl/α,β-unsaturated/α-hetero) is 1. The van der Waals surface area contributed by atoms with Crippen LogP contribution in [0, 0.1) is 24.7 Å². The molecule has 0 bridgehead atoms. The van der Waals surface area contributed by atoms with Crippen molar-refractivity contribution in [2.45, 2.75) is 57.5 Å². The van der Waals surface area contributed by atoms with Crippen molar-refractivity contribution in [2.24, 2.45) is 17.8 Å². The number of thiophene rings is 1. The molecule has 3 unspecified atom stereocenters. The quantitative estimate of drug-likeness (QED) is 0.152. The van der Waals surface area contributed by atoms with E-state index in [1.54, 1.807) is 23.5 Å². The van der Waals surface area contributed by atoms with Crippen molar-refractivity contribution >= 4 is 23.0 Å². The summed E-state index contributed by atoms with van der Waals surface area (Å²) in [6.45, 7) is 2.94. The predicted molar refractivity (Wildman–Crippen MR) is 177 cm³/mol. The molecule has 1 aliphatic heterocycles. The lowest BCUT2D eigenvalue weighted by Gasteiger charge is -2.25. The van der Waals surface area contributed by atoms with E-state index in [0.29, 0.717) is 36.1 Å². The minimum atomic E-state index is -4.42. The molecule has 2 aliphatic rings. The molecule has 47 heavy (non-hydrogen) atoms. The van der Waals surface area contributed by atoms with Gasteiger partial charge in [0.25, 0.3) is 5.91 Å². The Morgan fingerprint density at radius 2 is 1.74 bits per heavy atom. The minimum Gasteiger partial charge on any atom is -0.391 e. The first-order valence-electron chi connectivity index (χ1n) is 16.2. The number of aliphatic hydroxyl groups excluding tert-OH is 1. The molecular formula is C38H39F3N2O3S. The van der Waals surface area contributed by atoms with E-state index in [2.05, 4.69) is 11.4 Å². The molecule has 6 rings (SSSR count). The number of ketones is 1. The zero-order valence-electron chi connectivity index (χ0n) is 26.2. The molecule has 1 saturated carbocycles. The van der Waals surface area contributed by atoms with Crippen LogP contribution in [0.1, 0.15) is 73.2 Å². The van der Waals surface area contributed by atoms with Gasteiger partial charge in [0.15, 0.2) is 5.78 Å². The van der Waals surface area contributed by atoms with Crippen LogP contribution in [0.25, 0.3) is 0 Å². The Morgan fingerprint density at radius 1 is 0.979 bits per heavy atom. The highest BCUT2D eigenvalue weighted by Gasteiger charge is 2.49. The van der Waals surface area contributed by atoms with Crippen LogP contribution in [0.3, 0.4) is 0 Å². The number of benzene rings is 3. The summed E-state index contributed by atoms with van der Waals surface area (Å²) in [6, 6.07) is 24.5. The molecular weight excluding hydrogens is 621 g/mol. The summed E-state index contributed by atoms with van der Waals surface area (Å²) in [5, 5.41) is 16.6. The lowest BCUT2D eigenvalue weighted by atomic mass is 9.87. The fourth-order valence-electron chi connectivity index (χ4n) is 7.04. The fraction of sp³-hybridized carbons (Fsp3) is 0.368. The van der Waals surface area contributed by atoms with E-state index in [4.69, 9.17) is 0 Å². The van der Waals surface area contributed by atoms with Gasteiger partial charge in [-0.1, -0.05) is 54.6 Å². The lowest BCUT2D eigenvalue weighted by Crippen LogP contribution is -2.35. The van der Waals surface area contributed by atoms with Gasteiger partial charge in [-0.2, -0.15) is 13.2 Å². The smallest absolute Gasteiger partial charge is 0.391 e. The van der Waals surface area contributed by atoms with Crippen molar-refractivity contribution in [3.05, 3.63) is 129 Å². The van der Waals surface area contributed by atoms with Gasteiger partial charge in [0.2, 0.25) is 0 Å². The Bertz CT molecular complexity index is 1690. The van der Waals surface area contributed by atoms with Gasteiger partial charge in [0.1, 0.15) is 0 Å². The number of carbonyl (C=O) groups is 2. The van der Waals surface area contributed by atoms with Gasteiger partial charge in [0, 0.05) is 41.6 Å². The molecule has 0 spiro atoms. The summed E-state index contributed by atoms with van der Waals surface area (Å²) < 4.78 is 39.5. The summed E-state index contributed by atoms with van der Waals surface area (Å²) in [6.07, 6.45) is -2.18. The number of aryl methyl sites for hydroxylation is 1. The standard InChI is InChI=1S/C38H39F3N2O3S/c1-24-16-27(20-28(17-24)37(46)43-14-6-12-33(43)35-13-7-15-47-35)36(45)32-21-30(32)31(19-25-8-3-2-4-9-25)34(44)23-42-22-26-10-5-11-29(18-26)38(39,40)41/h2-5,7-11,13,15-18,20,30-34,42,44H,6,12,14,19,21-23H2,1H3/t30-,31?,32?,33?,34-/m1/s1. The van der Waals surface area contributed by atoms with Crippen LogP contribution in [0.15, 0.2) is 90.3 Å². The first kappa shape index (κ1) is 33.1. The Kier molecular flexibility index (Phi) is 9.96. The summed E-state index contributed by atoms with van der Waals surface area (Å²) in [5.74, 6) is -0.657. The molecule has 2 fully saturated rings. The van der Waals surface area contributed by atoms with E-state index in [-0.39, 0.29) is 48.6 Å². The summed E-state index contributed by atoms with van der Waals surface area (Å²) in [4.78, 5) is 30.7. The number of amides is 1. The highest BCUT2D eigenvalue weighted by atomic mass is 32.1. The average molecular weight is 661 g/mol. The van der Waals surface area contributed by atoms with Gasteiger partial charge in [-0.15, -0.1) is 11.3 Å². The average Bonchev–Trinajstić information content (AvgIpc) is 3.40. The molecule has 9 heteroatoms. The number of rotatable bonds is 12. The van der Waals surface area contributed by atoms with Crippen LogP contribution in [0.2, 0.25) is 0 Å². The molecule has 2 heterocycles. The first-order chi connectivity index (χ1) is 22.6. The van der Waals surface area contributed by atoms with Crippen LogP contribution in [-0.2, 0) is 19.1 Å². The van der Waals surface area contributed by atoms with E-state index >= 15 is 0 Å². The zero-order valence-corrected chi connectivity index (χ0v) is 27.1. The monoisotopic (exact) mass is 660 g/mol. The number of nitrogens with zero attached hydrogens (tertiary/aromatic N) is 1. The summed E-state index contributed by atoms with van der Waals surface area (Å²) in [5.41, 5.74) is 2.70. The normalized spacial score (nSPS) is 20.6. The Labute approximate surface area is 277 Å². The van der Waals surface area contributed by atoms with Crippen LogP contribution >= 0.6 is 11.3 Å². The van der Waals surface area contributed by atoms with Crippen LogP contribution in [0.4, 0.5) is 13.2 Å². The molecule has 3 aromatic carbocycles. The second-order valence-electron chi connectivity index (χ2n) is 12.9. The number of aliphatic hydroxyl groups is 1. The fourth-order valence-corrected chi connectivity index (χ4v) is 7.91. The van der Waals surface area contributed by atoms with E-state index in [1.807, 2.05) is 65.7 Å². The number of likely N-dealkylation sites (tertiary alicyclic amines) is 1. The Balaban J connectivity index is 1.14. The van der Waals surface area contributed by atoms with E-state index in [0.717, 1.165) is 36.1 Å². The van der Waals surface area contributed by atoms with Gasteiger partial charge in [-0.25, -0.2) is 0 Å². The third kappa shape index (κ3) is 7.86. The van der Waals surface area contributed by atoms with Gasteiger partial charge in [-0.05, 0) is 96.8 Å². The highest BCUT2D eigenvalue weighted by Crippen LogP contribution is 2.49. The number of carbonyl (C=O) groups excluding carboxylic acids is 2. The number of hydrogen-bond acceptors (Lipinski definition) is 5. The van der Waals surface area contributed by atoms with Crippen molar-refractivity contribution in [3.63, 3.8) is 0 Å². The van der Waals surface area contributed by atoms with Gasteiger partial charge in [0.05, 0.1) is 17.7 Å². The van der Waals surface area contributed by atoms with Crippen LogP contribution < -0.4 is 5.32 Å². The van der Waals surface area contributed by atoms with Crippen molar-refractivity contribution in [2.75, 3.05) is 13.1 Å². The van der Waals surface area contributed by atoms with Gasteiger partial charge in [-0.3, -0.25) is 9.59 Å². The number of halogens is 3. The van der Waals surface area contributed by atoms with Crippen molar-refractivity contribution in [3.8, 4) is 0 Å². The SMILES string of the molecule is Cc1cc(C(=O)C2C[C@@H]2C(Cc2ccccc2)[C@H](O)CNCc2cccc(C(F)(F)F)c2)cc(C(=O)N2CCCC2c2cccs2)c1. The zero-order chi connectivity index (χ0) is 33.1. The number of hydrogen-bond donors (Lipinski definition) is 2. The highest BCUT2D eigenvalue weighted by molar-refractivity contribution is 7.10. The third-order valence-electron chi connectivity index (χ3n) is 9.47. The second-order valence-corrected chi connectivity index (χ2v) is 13.9. The van der Waals surface area contributed by atoms with Crippen molar-refractivity contribution in [1.82, 2.24) is 10.2 Å². The maximum Gasteiger partial charge on any atom is 0.416 e. The molecule has 4 aromatic rings. The molecule has 1 saturated heterocycles. The van der Waals surface area contributed by atoms with Crippen LogP contribution in [0.5, 0.6) is 0 Å². The van der Waals surface area contributed by atoms with E-state index in [9.17, 15) is 27.9 Å². The number of nitrogens with one attached hydrogen (secondary N) is 1. The molecule has 1 amide bonds. The Morgan fingerprint density at radius 3 is 2.49 bits per heavy atom. The van der Waals surface area contributed by atoms with Gasteiger partial charge >= 0.3 is 6.18 Å². The van der Waals surface area contributed by atoms with Crippen molar-refractivity contribution in [1.29, 1.82) is 0 Å². The topological polar surface area (TPSA) is 69.6 Å². The molecule has 1 aromatic heterocycles. The predicted octanol–water partition coefficient (Wildman–Crippen LogP) is 7.88. The third-order valence-corrected chi connectivity index (χ3v) is 10.4. The van der Waals surface area contributed by atoms with Gasteiger partial charge < -0.3 is 15.3 Å². The molecule has 5 atom stereocenters. The maximum absolute atomic E-state index is 13.9. The lowest BCUT2D eigenvalue weighted by molar-refractivity contribution is -0.137. The van der Waals surface area contributed by atoms with Crippen LogP contribution in [-0.4, -0.2) is 40.9 Å². The molecule has 2 N–H and O–H groups in total. The molecule has 5 nitrogen and oxygen atoms in total. The first-order valence-corrected chi connectivity index (χ1v) is 17.1. The summed E-state index contributed by atoms with van der Waals surface area (Å²) >= 11 is 1.66. The van der Waals surface area contributed by atoms with E-state index in [1.165, 1.54) is 10.9 Å². The van der Waals surface area contributed by atoms with Crippen molar-refractivity contribution < 1.29 is 27.9 Å².